The Morgan fingerprint density at radius 1 is 1.50 bits per heavy atom. The molecule has 0 heterocycles. The maximum atomic E-state index is 8.50. The van der Waals surface area contributed by atoms with Crippen LogP contribution in [0.3, 0.4) is 0 Å². The van der Waals surface area contributed by atoms with E-state index in [9.17, 15) is 0 Å². The first kappa shape index (κ1) is 7.54. The molecule has 0 bridgehead atoms. The van der Waals surface area contributed by atoms with E-state index in [0.29, 0.717) is 0 Å². The Kier molecular flexibility index (Phi) is 4.42. The first-order valence-corrected chi connectivity index (χ1v) is 3.17. The number of rotatable bonds is 3. The molecule has 0 saturated heterocycles. The van der Waals surface area contributed by atoms with Gasteiger partial charge in [-0.1, -0.05) is 20.3 Å². The van der Waals surface area contributed by atoms with Crippen molar-refractivity contribution in [1.29, 1.82) is 0 Å². The molecule has 1 N–H and O–H groups in total. The van der Waals surface area contributed by atoms with E-state index in [2.05, 4.69) is 13.8 Å². The average molecular weight is 114 g/mol. The second-order valence-electron chi connectivity index (χ2n) is 1.89. The van der Waals surface area contributed by atoms with Crippen LogP contribution in [0.25, 0.3) is 0 Å². The SMILES string of the molecule is CCCC(=CO)CC. The summed E-state index contributed by atoms with van der Waals surface area (Å²) in [6.45, 7) is 4.16. The van der Waals surface area contributed by atoms with Crippen LogP contribution in [0.2, 0.25) is 0 Å². The van der Waals surface area contributed by atoms with Gasteiger partial charge in [0.25, 0.3) is 0 Å². The van der Waals surface area contributed by atoms with Crippen LogP contribution in [0, 0.1) is 0 Å². The van der Waals surface area contributed by atoms with E-state index < -0.39 is 0 Å². The molecule has 48 valence electrons. The van der Waals surface area contributed by atoms with Crippen molar-refractivity contribution in [1.82, 2.24) is 0 Å². The third-order valence-electron chi connectivity index (χ3n) is 1.21. The Hall–Kier alpha value is -0.460. The number of aliphatic hydroxyl groups is 1. The lowest BCUT2D eigenvalue weighted by atomic mass is 10.1. The minimum atomic E-state index is 0.977. The third-order valence-corrected chi connectivity index (χ3v) is 1.21. The molecule has 0 atom stereocenters. The van der Waals surface area contributed by atoms with Gasteiger partial charge in [-0.2, -0.15) is 0 Å². The molecule has 0 aliphatic rings. The van der Waals surface area contributed by atoms with E-state index in [1.165, 1.54) is 6.26 Å². The molecule has 0 aromatic heterocycles. The summed E-state index contributed by atoms with van der Waals surface area (Å²) in [5.41, 5.74) is 1.15. The van der Waals surface area contributed by atoms with Crippen molar-refractivity contribution >= 4 is 0 Å². The third kappa shape index (κ3) is 2.67. The molecule has 0 spiro atoms. The van der Waals surface area contributed by atoms with Crippen LogP contribution in [0.5, 0.6) is 0 Å². The highest BCUT2D eigenvalue weighted by Gasteiger charge is 1.88. The number of hydrogen-bond donors (Lipinski definition) is 1. The van der Waals surface area contributed by atoms with Gasteiger partial charge in [-0.3, -0.25) is 0 Å². The van der Waals surface area contributed by atoms with E-state index in [-0.39, 0.29) is 0 Å². The Morgan fingerprint density at radius 3 is 2.25 bits per heavy atom. The van der Waals surface area contributed by atoms with Crippen LogP contribution < -0.4 is 0 Å². The highest BCUT2D eigenvalue weighted by molar-refractivity contribution is 4.94. The monoisotopic (exact) mass is 114 g/mol. The molecule has 0 aromatic carbocycles. The molecule has 0 rings (SSSR count). The minimum Gasteiger partial charge on any atom is -0.516 e. The first-order chi connectivity index (χ1) is 3.85. The van der Waals surface area contributed by atoms with Crippen LogP contribution in [-0.2, 0) is 0 Å². The van der Waals surface area contributed by atoms with E-state index in [4.69, 9.17) is 5.11 Å². The smallest absolute Gasteiger partial charge is 0.0783 e. The van der Waals surface area contributed by atoms with Crippen LogP contribution in [0.15, 0.2) is 11.8 Å². The summed E-state index contributed by atoms with van der Waals surface area (Å²) < 4.78 is 0. The van der Waals surface area contributed by atoms with Crippen LogP contribution in [-0.4, -0.2) is 5.11 Å². The van der Waals surface area contributed by atoms with Crippen molar-refractivity contribution < 1.29 is 5.11 Å². The Morgan fingerprint density at radius 2 is 2.12 bits per heavy atom. The Labute approximate surface area is 51.0 Å². The van der Waals surface area contributed by atoms with Gasteiger partial charge in [0, 0.05) is 0 Å². The maximum absolute atomic E-state index is 8.50. The van der Waals surface area contributed by atoms with Gasteiger partial charge in [0.05, 0.1) is 6.26 Å². The largest absolute Gasteiger partial charge is 0.516 e. The first-order valence-electron chi connectivity index (χ1n) is 3.17. The standard InChI is InChI=1S/C7H14O/c1-3-5-7(4-2)6-8/h6,8H,3-5H2,1-2H3. The fourth-order valence-corrected chi connectivity index (χ4v) is 0.654. The molecule has 0 aliphatic heterocycles. The number of aliphatic hydroxyl groups excluding tert-OH is 1. The van der Waals surface area contributed by atoms with Gasteiger partial charge in [-0.25, -0.2) is 0 Å². The van der Waals surface area contributed by atoms with Crippen molar-refractivity contribution in [3.63, 3.8) is 0 Å². The highest BCUT2D eigenvalue weighted by atomic mass is 16.2. The molecule has 0 aromatic rings. The molecule has 0 saturated carbocycles. The molecule has 0 unspecified atom stereocenters. The lowest BCUT2D eigenvalue weighted by Crippen LogP contribution is -1.78. The van der Waals surface area contributed by atoms with E-state index in [1.54, 1.807) is 0 Å². The van der Waals surface area contributed by atoms with Gasteiger partial charge in [0.15, 0.2) is 0 Å². The van der Waals surface area contributed by atoms with Gasteiger partial charge in [0.1, 0.15) is 0 Å². The van der Waals surface area contributed by atoms with Crippen molar-refractivity contribution in [2.45, 2.75) is 33.1 Å². The average Bonchev–Trinajstić information content (AvgIpc) is 1.83. The lowest BCUT2D eigenvalue weighted by Gasteiger charge is -1.96. The molecular weight excluding hydrogens is 100 g/mol. The molecule has 0 fully saturated rings. The summed E-state index contributed by atoms with van der Waals surface area (Å²) in [5, 5.41) is 8.50. The minimum absolute atomic E-state index is 0.977. The fraction of sp³-hybridized carbons (Fsp3) is 0.714. The van der Waals surface area contributed by atoms with Crippen molar-refractivity contribution in [2.24, 2.45) is 0 Å². The summed E-state index contributed by atoms with van der Waals surface area (Å²) in [6.07, 6.45) is 4.36. The number of allylic oxidation sites excluding steroid dienone is 1. The molecule has 0 aliphatic carbocycles. The Bertz CT molecular complexity index is 74.5. The van der Waals surface area contributed by atoms with Crippen molar-refractivity contribution in [3.05, 3.63) is 11.8 Å². The van der Waals surface area contributed by atoms with Crippen LogP contribution in [0.1, 0.15) is 33.1 Å². The van der Waals surface area contributed by atoms with Crippen LogP contribution >= 0.6 is 0 Å². The topological polar surface area (TPSA) is 20.2 Å². The summed E-state index contributed by atoms with van der Waals surface area (Å²) in [7, 11) is 0. The number of hydrogen-bond acceptors (Lipinski definition) is 1. The van der Waals surface area contributed by atoms with Crippen molar-refractivity contribution in [2.75, 3.05) is 0 Å². The molecule has 1 heteroatoms. The van der Waals surface area contributed by atoms with Gasteiger partial charge in [0.2, 0.25) is 0 Å². The van der Waals surface area contributed by atoms with E-state index >= 15 is 0 Å². The highest BCUT2D eigenvalue weighted by Crippen LogP contribution is 2.06. The normalized spacial score (nSPS) is 12.0. The zero-order chi connectivity index (χ0) is 6.41. The van der Waals surface area contributed by atoms with Crippen molar-refractivity contribution in [3.8, 4) is 0 Å². The fourth-order valence-electron chi connectivity index (χ4n) is 0.654. The zero-order valence-electron chi connectivity index (χ0n) is 5.65. The van der Waals surface area contributed by atoms with Gasteiger partial charge >= 0.3 is 0 Å². The van der Waals surface area contributed by atoms with E-state index in [0.717, 1.165) is 24.8 Å². The maximum Gasteiger partial charge on any atom is 0.0783 e. The summed E-state index contributed by atoms with van der Waals surface area (Å²) >= 11 is 0. The van der Waals surface area contributed by atoms with Gasteiger partial charge in [-0.05, 0) is 18.4 Å². The molecule has 0 amide bonds. The summed E-state index contributed by atoms with van der Waals surface area (Å²) in [5.74, 6) is 0. The summed E-state index contributed by atoms with van der Waals surface area (Å²) in [6, 6.07) is 0. The second kappa shape index (κ2) is 4.69. The summed E-state index contributed by atoms with van der Waals surface area (Å²) in [4.78, 5) is 0. The lowest BCUT2D eigenvalue weighted by molar-refractivity contribution is 0.461. The zero-order valence-corrected chi connectivity index (χ0v) is 5.65. The quantitative estimate of drug-likeness (QED) is 0.559. The van der Waals surface area contributed by atoms with E-state index in [1.807, 2.05) is 0 Å². The predicted molar refractivity (Wildman–Crippen MR) is 35.9 cm³/mol. The Balaban J connectivity index is 3.38. The predicted octanol–water partition coefficient (Wildman–Crippen LogP) is 2.64. The molecule has 0 radical (unpaired) electrons. The molecular formula is C7H14O. The van der Waals surface area contributed by atoms with Gasteiger partial charge in [-0.15, -0.1) is 0 Å². The van der Waals surface area contributed by atoms with Gasteiger partial charge < -0.3 is 5.11 Å². The molecule has 1 nitrogen and oxygen atoms in total. The molecule has 8 heavy (non-hydrogen) atoms. The second-order valence-corrected chi connectivity index (χ2v) is 1.89. The van der Waals surface area contributed by atoms with Crippen LogP contribution in [0.4, 0.5) is 0 Å².